The summed E-state index contributed by atoms with van der Waals surface area (Å²) in [6.07, 6.45) is 0. The fourth-order valence-corrected chi connectivity index (χ4v) is 3.12. The second kappa shape index (κ2) is 5.48. The van der Waals surface area contributed by atoms with Crippen LogP contribution in [0.4, 0.5) is 5.69 Å². The molecule has 5 heteroatoms. The monoisotopic (exact) mass is 294 g/mol. The van der Waals surface area contributed by atoms with Crippen LogP contribution in [-0.2, 0) is 11.3 Å². The SMILES string of the molecule is C=C(OC(C)(C)C)N1CCSc2cc(N)c(O)cc2C1. The average Bonchev–Trinajstić information content (AvgIpc) is 2.50. The van der Waals surface area contributed by atoms with Gasteiger partial charge in [-0.05, 0) is 45.0 Å². The minimum absolute atomic E-state index is 0.133. The van der Waals surface area contributed by atoms with Crippen LogP contribution in [0.15, 0.2) is 29.5 Å². The number of anilines is 1. The number of hydrogen-bond donors (Lipinski definition) is 2. The van der Waals surface area contributed by atoms with Gasteiger partial charge in [0.05, 0.1) is 5.69 Å². The summed E-state index contributed by atoms with van der Waals surface area (Å²) in [4.78, 5) is 3.21. The largest absolute Gasteiger partial charge is 0.506 e. The van der Waals surface area contributed by atoms with Gasteiger partial charge in [-0.1, -0.05) is 0 Å². The van der Waals surface area contributed by atoms with Gasteiger partial charge in [0.15, 0.2) is 5.88 Å². The van der Waals surface area contributed by atoms with E-state index in [-0.39, 0.29) is 11.4 Å². The molecule has 0 unspecified atom stereocenters. The van der Waals surface area contributed by atoms with E-state index in [0.29, 0.717) is 18.1 Å². The molecule has 2 rings (SSSR count). The smallest absolute Gasteiger partial charge is 0.182 e. The molecule has 1 aliphatic rings. The molecule has 20 heavy (non-hydrogen) atoms. The number of rotatable bonds is 2. The van der Waals surface area contributed by atoms with Crippen LogP contribution in [0.25, 0.3) is 0 Å². The lowest BCUT2D eigenvalue weighted by Crippen LogP contribution is -2.30. The molecule has 4 nitrogen and oxygen atoms in total. The quantitative estimate of drug-likeness (QED) is 0.498. The van der Waals surface area contributed by atoms with E-state index in [2.05, 4.69) is 11.5 Å². The minimum atomic E-state index is -0.261. The molecule has 0 spiro atoms. The van der Waals surface area contributed by atoms with Gasteiger partial charge in [-0.25, -0.2) is 0 Å². The molecule has 0 saturated heterocycles. The minimum Gasteiger partial charge on any atom is -0.506 e. The van der Waals surface area contributed by atoms with Crippen molar-refractivity contribution in [2.24, 2.45) is 0 Å². The Hall–Kier alpha value is -1.49. The van der Waals surface area contributed by atoms with Crippen LogP contribution in [0.1, 0.15) is 26.3 Å². The molecule has 0 bridgehead atoms. The molecule has 3 N–H and O–H groups in total. The number of fused-ring (bicyclic) bond motifs is 1. The molecule has 0 aliphatic carbocycles. The highest BCUT2D eigenvalue weighted by Gasteiger charge is 2.21. The van der Waals surface area contributed by atoms with Crippen molar-refractivity contribution in [2.45, 2.75) is 37.8 Å². The third-order valence-electron chi connectivity index (χ3n) is 2.97. The van der Waals surface area contributed by atoms with Gasteiger partial charge in [0.1, 0.15) is 11.4 Å². The molecule has 0 aromatic heterocycles. The van der Waals surface area contributed by atoms with Gasteiger partial charge >= 0.3 is 0 Å². The Bertz CT molecular complexity index is 523. The van der Waals surface area contributed by atoms with E-state index < -0.39 is 0 Å². The van der Waals surface area contributed by atoms with Crippen molar-refractivity contribution in [1.29, 1.82) is 0 Å². The van der Waals surface area contributed by atoms with E-state index in [0.717, 1.165) is 22.8 Å². The van der Waals surface area contributed by atoms with Crippen LogP contribution < -0.4 is 5.73 Å². The van der Waals surface area contributed by atoms with Crippen LogP contribution in [0.5, 0.6) is 5.75 Å². The molecule has 0 amide bonds. The number of thioether (sulfide) groups is 1. The molecular formula is C15H22N2O2S. The number of nitrogens with zero attached hydrogens (tertiary/aromatic N) is 1. The van der Waals surface area contributed by atoms with Gasteiger partial charge in [0, 0.05) is 23.7 Å². The van der Waals surface area contributed by atoms with E-state index >= 15 is 0 Å². The highest BCUT2D eigenvalue weighted by molar-refractivity contribution is 7.99. The topological polar surface area (TPSA) is 58.7 Å². The van der Waals surface area contributed by atoms with Gasteiger partial charge in [0.2, 0.25) is 0 Å². The average molecular weight is 294 g/mol. The summed E-state index contributed by atoms with van der Waals surface area (Å²) in [6.45, 7) is 11.6. The second-order valence-electron chi connectivity index (χ2n) is 5.90. The van der Waals surface area contributed by atoms with Gasteiger partial charge in [-0.2, -0.15) is 0 Å². The number of ether oxygens (including phenoxy) is 1. The van der Waals surface area contributed by atoms with Crippen molar-refractivity contribution in [3.63, 3.8) is 0 Å². The number of aromatic hydroxyl groups is 1. The Balaban J connectivity index is 2.19. The van der Waals surface area contributed by atoms with Gasteiger partial charge in [-0.3, -0.25) is 0 Å². The van der Waals surface area contributed by atoms with E-state index in [4.69, 9.17) is 10.5 Å². The van der Waals surface area contributed by atoms with Gasteiger partial charge in [0.25, 0.3) is 0 Å². The first-order valence-corrected chi connectivity index (χ1v) is 7.62. The zero-order valence-corrected chi connectivity index (χ0v) is 13.1. The normalized spacial score (nSPS) is 15.4. The molecule has 1 aromatic carbocycles. The molecule has 1 aromatic rings. The molecule has 1 aliphatic heterocycles. The zero-order chi connectivity index (χ0) is 14.9. The first-order valence-electron chi connectivity index (χ1n) is 6.63. The van der Waals surface area contributed by atoms with Crippen molar-refractivity contribution < 1.29 is 9.84 Å². The summed E-state index contributed by atoms with van der Waals surface area (Å²) in [6, 6.07) is 3.58. The molecule has 0 atom stereocenters. The summed E-state index contributed by atoms with van der Waals surface area (Å²) in [5, 5.41) is 9.77. The Morgan fingerprint density at radius 1 is 1.45 bits per heavy atom. The molecule has 110 valence electrons. The summed E-state index contributed by atoms with van der Waals surface area (Å²) >= 11 is 1.74. The maximum absolute atomic E-state index is 9.77. The summed E-state index contributed by atoms with van der Waals surface area (Å²) in [5.41, 5.74) is 6.97. The van der Waals surface area contributed by atoms with Gasteiger partial charge < -0.3 is 20.5 Å². The molecule has 1 heterocycles. The first kappa shape index (κ1) is 14.9. The van der Waals surface area contributed by atoms with Crippen LogP contribution in [-0.4, -0.2) is 27.9 Å². The van der Waals surface area contributed by atoms with E-state index in [1.807, 2.05) is 26.8 Å². The summed E-state index contributed by atoms with van der Waals surface area (Å²) in [7, 11) is 0. The van der Waals surface area contributed by atoms with Crippen LogP contribution in [0.2, 0.25) is 0 Å². The van der Waals surface area contributed by atoms with Crippen molar-refractivity contribution in [3.8, 4) is 5.75 Å². The highest BCUT2D eigenvalue weighted by atomic mass is 32.2. The predicted molar refractivity (Wildman–Crippen MR) is 83.6 cm³/mol. The number of phenols is 1. The van der Waals surface area contributed by atoms with E-state index in [1.54, 1.807) is 17.8 Å². The van der Waals surface area contributed by atoms with E-state index in [9.17, 15) is 5.11 Å². The molecule has 0 saturated carbocycles. The number of nitrogens with two attached hydrogens (primary N) is 1. The number of phenolic OH excluding ortho intramolecular Hbond substituents is 1. The fourth-order valence-electron chi connectivity index (χ4n) is 2.07. The van der Waals surface area contributed by atoms with Gasteiger partial charge in [-0.15, -0.1) is 11.8 Å². The number of hydrogen-bond acceptors (Lipinski definition) is 5. The lowest BCUT2D eigenvalue weighted by molar-refractivity contribution is 0.00235. The highest BCUT2D eigenvalue weighted by Crippen LogP contribution is 2.35. The van der Waals surface area contributed by atoms with Crippen molar-refractivity contribution >= 4 is 17.4 Å². The molecule has 0 fully saturated rings. The summed E-state index contributed by atoms with van der Waals surface area (Å²) in [5.74, 6) is 1.74. The second-order valence-corrected chi connectivity index (χ2v) is 7.03. The summed E-state index contributed by atoms with van der Waals surface area (Å²) < 4.78 is 5.84. The van der Waals surface area contributed by atoms with Crippen molar-refractivity contribution in [3.05, 3.63) is 30.2 Å². The Morgan fingerprint density at radius 3 is 2.80 bits per heavy atom. The Kier molecular flexibility index (Phi) is 4.09. The Morgan fingerprint density at radius 2 is 2.15 bits per heavy atom. The van der Waals surface area contributed by atoms with Crippen molar-refractivity contribution in [1.82, 2.24) is 4.90 Å². The third kappa shape index (κ3) is 3.54. The number of benzene rings is 1. The zero-order valence-electron chi connectivity index (χ0n) is 12.3. The fraction of sp³-hybridized carbons (Fsp3) is 0.467. The predicted octanol–water partition coefficient (Wildman–Crippen LogP) is 3.17. The molecular weight excluding hydrogens is 272 g/mol. The van der Waals surface area contributed by atoms with Crippen LogP contribution >= 0.6 is 11.8 Å². The lowest BCUT2D eigenvalue weighted by atomic mass is 10.1. The maximum atomic E-state index is 9.77. The van der Waals surface area contributed by atoms with E-state index in [1.165, 1.54) is 0 Å². The first-order chi connectivity index (χ1) is 9.26. The molecule has 0 radical (unpaired) electrons. The maximum Gasteiger partial charge on any atom is 0.182 e. The number of nitrogen functional groups attached to an aromatic ring is 1. The van der Waals surface area contributed by atoms with Crippen LogP contribution in [0, 0.1) is 0 Å². The lowest BCUT2D eigenvalue weighted by Gasteiger charge is -2.30. The standard InChI is InChI=1S/C15H22N2O2S/c1-10(19-15(2,3)4)17-5-6-20-14-8-12(16)13(18)7-11(14)9-17/h7-8,18H,1,5-6,9,16H2,2-4H3. The van der Waals surface area contributed by atoms with Crippen molar-refractivity contribution in [2.75, 3.05) is 18.0 Å². The van der Waals surface area contributed by atoms with Crippen LogP contribution in [0.3, 0.4) is 0 Å². The third-order valence-corrected chi connectivity index (χ3v) is 4.04. The Labute approximate surface area is 124 Å².